The van der Waals surface area contributed by atoms with Gasteiger partial charge in [0.25, 0.3) is 0 Å². The van der Waals surface area contributed by atoms with E-state index in [0.717, 1.165) is 42.2 Å². The summed E-state index contributed by atoms with van der Waals surface area (Å²) in [5, 5.41) is 3.41. The molecule has 1 unspecified atom stereocenters. The van der Waals surface area contributed by atoms with E-state index in [2.05, 4.69) is 32.2 Å². The van der Waals surface area contributed by atoms with Crippen LogP contribution >= 0.6 is 0 Å². The Bertz CT molecular complexity index is 945. The smallest absolute Gasteiger partial charge is 0.242 e. The fourth-order valence-electron chi connectivity index (χ4n) is 3.22. The van der Waals surface area contributed by atoms with Crippen molar-refractivity contribution in [3.63, 3.8) is 0 Å². The Kier molecular flexibility index (Phi) is 5.31. The van der Waals surface area contributed by atoms with Gasteiger partial charge in [-0.1, -0.05) is 0 Å². The summed E-state index contributed by atoms with van der Waals surface area (Å²) in [5.41, 5.74) is 3.13. The molecule has 1 atom stereocenters. The minimum atomic E-state index is 0.298. The van der Waals surface area contributed by atoms with Crippen LogP contribution in [0.4, 0.5) is 5.82 Å². The number of nitrogens with zero attached hydrogens (tertiary/aromatic N) is 6. The zero-order valence-corrected chi connectivity index (χ0v) is 16.5. The molecule has 1 fully saturated rings. The molecule has 146 valence electrons. The Morgan fingerprint density at radius 3 is 2.82 bits per heavy atom. The number of likely N-dealkylation sites (N-methyl/N-ethyl adjacent to an activating group) is 1. The predicted octanol–water partition coefficient (Wildman–Crippen LogP) is 1.44. The van der Waals surface area contributed by atoms with Gasteiger partial charge in [-0.15, -0.1) is 0 Å². The second-order valence-electron chi connectivity index (χ2n) is 7.19. The monoisotopic (exact) mass is 379 g/mol. The maximum Gasteiger partial charge on any atom is 0.242 e. The Morgan fingerprint density at radius 2 is 2.07 bits per heavy atom. The first-order valence-corrected chi connectivity index (χ1v) is 9.41. The Morgan fingerprint density at radius 1 is 1.21 bits per heavy atom. The van der Waals surface area contributed by atoms with Gasteiger partial charge in [0.05, 0.1) is 17.3 Å². The minimum Gasteiger partial charge on any atom is -0.474 e. The van der Waals surface area contributed by atoms with E-state index < -0.39 is 0 Å². The van der Waals surface area contributed by atoms with Crippen molar-refractivity contribution < 1.29 is 4.74 Å². The van der Waals surface area contributed by atoms with Crippen LogP contribution in [0.2, 0.25) is 0 Å². The van der Waals surface area contributed by atoms with Gasteiger partial charge in [0, 0.05) is 57.9 Å². The van der Waals surface area contributed by atoms with Crippen LogP contribution in [-0.2, 0) is 0 Å². The number of rotatable bonds is 5. The molecule has 1 aliphatic rings. The molecule has 0 spiro atoms. The molecule has 1 aliphatic heterocycles. The molecule has 4 rings (SSSR count). The number of hydrogen-bond donors (Lipinski definition) is 1. The van der Waals surface area contributed by atoms with Gasteiger partial charge in [-0.05, 0) is 25.2 Å². The number of anilines is 1. The number of aromatic nitrogens is 4. The van der Waals surface area contributed by atoms with Crippen molar-refractivity contribution in [3.8, 4) is 17.1 Å². The van der Waals surface area contributed by atoms with Gasteiger partial charge in [-0.2, -0.15) is 0 Å². The normalized spacial score (nSPS) is 17.6. The van der Waals surface area contributed by atoms with Crippen molar-refractivity contribution in [3.05, 3.63) is 36.8 Å². The number of ether oxygens (including phenoxy) is 1. The van der Waals surface area contributed by atoms with Gasteiger partial charge >= 0.3 is 0 Å². The van der Waals surface area contributed by atoms with E-state index in [9.17, 15) is 0 Å². The third kappa shape index (κ3) is 3.88. The third-order valence-corrected chi connectivity index (χ3v) is 4.98. The second kappa shape index (κ2) is 8.04. The summed E-state index contributed by atoms with van der Waals surface area (Å²) in [5.74, 6) is 1.41. The van der Waals surface area contributed by atoms with Crippen LogP contribution in [0.3, 0.4) is 0 Å². The SMILES string of the molecule is CN(C)c1ccc(-c2cc3nccnc3c(OCC3CNCCN3C)n2)cn1. The van der Waals surface area contributed by atoms with E-state index in [4.69, 9.17) is 9.72 Å². The van der Waals surface area contributed by atoms with Gasteiger partial charge in [0.15, 0.2) is 5.52 Å². The second-order valence-corrected chi connectivity index (χ2v) is 7.19. The standard InChI is InChI=1S/C20H25N7O/c1-26(2)18-5-4-14(11-24-18)16-10-17-19(23-7-6-22-17)20(25-16)28-13-15-12-21-8-9-27(15)3/h4-7,10-11,15,21H,8-9,12-13H2,1-3H3. The van der Waals surface area contributed by atoms with Gasteiger partial charge in [-0.3, -0.25) is 9.88 Å². The number of piperazine rings is 1. The van der Waals surface area contributed by atoms with Crippen LogP contribution in [0.1, 0.15) is 0 Å². The summed E-state index contributed by atoms with van der Waals surface area (Å²) >= 11 is 0. The van der Waals surface area contributed by atoms with Gasteiger partial charge in [-0.25, -0.2) is 15.0 Å². The van der Waals surface area contributed by atoms with E-state index in [0.29, 0.717) is 24.0 Å². The van der Waals surface area contributed by atoms with Crippen molar-refractivity contribution in [2.75, 3.05) is 52.3 Å². The van der Waals surface area contributed by atoms with Gasteiger partial charge < -0.3 is 15.0 Å². The lowest BCUT2D eigenvalue weighted by Gasteiger charge is -2.32. The van der Waals surface area contributed by atoms with Crippen LogP contribution in [0, 0.1) is 0 Å². The first kappa shape index (κ1) is 18.5. The first-order chi connectivity index (χ1) is 13.6. The van der Waals surface area contributed by atoms with E-state index >= 15 is 0 Å². The first-order valence-electron chi connectivity index (χ1n) is 9.41. The van der Waals surface area contributed by atoms with Crippen molar-refractivity contribution in [2.24, 2.45) is 0 Å². The zero-order valence-electron chi connectivity index (χ0n) is 16.5. The molecule has 0 radical (unpaired) electrons. The molecule has 28 heavy (non-hydrogen) atoms. The van der Waals surface area contributed by atoms with Crippen LogP contribution in [-0.4, -0.2) is 78.3 Å². The third-order valence-electron chi connectivity index (χ3n) is 4.98. The molecule has 3 aromatic heterocycles. The highest BCUT2D eigenvalue weighted by atomic mass is 16.5. The largest absolute Gasteiger partial charge is 0.474 e. The van der Waals surface area contributed by atoms with Crippen LogP contribution < -0.4 is 15.0 Å². The highest BCUT2D eigenvalue weighted by molar-refractivity contribution is 5.83. The Balaban J connectivity index is 1.65. The van der Waals surface area contributed by atoms with Crippen molar-refractivity contribution in [1.29, 1.82) is 0 Å². The van der Waals surface area contributed by atoms with Crippen LogP contribution in [0.15, 0.2) is 36.8 Å². The van der Waals surface area contributed by atoms with E-state index in [1.165, 1.54) is 0 Å². The number of nitrogens with one attached hydrogen (secondary N) is 1. The lowest BCUT2D eigenvalue weighted by atomic mass is 10.1. The molecule has 1 saturated heterocycles. The molecule has 1 N–H and O–H groups in total. The zero-order chi connectivity index (χ0) is 19.5. The molecule has 8 nitrogen and oxygen atoms in total. The highest BCUT2D eigenvalue weighted by Crippen LogP contribution is 2.27. The van der Waals surface area contributed by atoms with Crippen molar-refractivity contribution >= 4 is 16.9 Å². The van der Waals surface area contributed by atoms with E-state index in [1.54, 1.807) is 12.4 Å². The van der Waals surface area contributed by atoms with Gasteiger partial charge in [0.2, 0.25) is 5.88 Å². The Labute approximate surface area is 164 Å². The van der Waals surface area contributed by atoms with Crippen molar-refractivity contribution in [2.45, 2.75) is 6.04 Å². The predicted molar refractivity (Wildman–Crippen MR) is 110 cm³/mol. The average molecular weight is 379 g/mol. The maximum atomic E-state index is 6.13. The molecular weight excluding hydrogens is 354 g/mol. The number of fused-ring (bicyclic) bond motifs is 1. The maximum absolute atomic E-state index is 6.13. The van der Waals surface area contributed by atoms with Crippen LogP contribution in [0.25, 0.3) is 22.3 Å². The molecular formula is C20H25N7O. The Hall–Kier alpha value is -2.84. The molecule has 0 saturated carbocycles. The topological polar surface area (TPSA) is 79.3 Å². The molecule has 0 bridgehead atoms. The lowest BCUT2D eigenvalue weighted by Crippen LogP contribution is -2.51. The minimum absolute atomic E-state index is 0.298. The summed E-state index contributed by atoms with van der Waals surface area (Å²) in [7, 11) is 6.05. The fourth-order valence-corrected chi connectivity index (χ4v) is 3.22. The fraction of sp³-hybridized carbons (Fsp3) is 0.400. The number of hydrogen-bond acceptors (Lipinski definition) is 8. The van der Waals surface area contributed by atoms with E-state index in [-0.39, 0.29) is 0 Å². The highest BCUT2D eigenvalue weighted by Gasteiger charge is 2.20. The molecule has 0 aliphatic carbocycles. The summed E-state index contributed by atoms with van der Waals surface area (Å²) in [6, 6.07) is 6.21. The quantitative estimate of drug-likeness (QED) is 0.713. The molecule has 8 heteroatoms. The summed E-state index contributed by atoms with van der Waals surface area (Å²) < 4.78 is 6.13. The summed E-state index contributed by atoms with van der Waals surface area (Å²) in [6.45, 7) is 3.45. The van der Waals surface area contributed by atoms with E-state index in [1.807, 2.05) is 43.4 Å². The molecule has 0 amide bonds. The molecule has 3 aromatic rings. The van der Waals surface area contributed by atoms with Gasteiger partial charge in [0.1, 0.15) is 12.4 Å². The molecule has 4 heterocycles. The average Bonchev–Trinajstić information content (AvgIpc) is 2.73. The summed E-state index contributed by atoms with van der Waals surface area (Å²) in [4.78, 5) is 22.4. The molecule has 0 aromatic carbocycles. The summed E-state index contributed by atoms with van der Waals surface area (Å²) in [6.07, 6.45) is 5.17. The van der Waals surface area contributed by atoms with Crippen LogP contribution in [0.5, 0.6) is 5.88 Å². The lowest BCUT2D eigenvalue weighted by molar-refractivity contribution is 0.134. The number of pyridine rings is 2. The van der Waals surface area contributed by atoms with Crippen molar-refractivity contribution in [1.82, 2.24) is 30.2 Å².